The molecule has 3 N–H and O–H groups in total. The van der Waals surface area contributed by atoms with Gasteiger partial charge in [0.25, 0.3) is 5.91 Å². The molecule has 0 aromatic heterocycles. The molecule has 198 valence electrons. The summed E-state index contributed by atoms with van der Waals surface area (Å²) in [4.78, 5) is 40.4. The number of benzene rings is 1. The molecule has 2 heterocycles. The van der Waals surface area contributed by atoms with Crippen molar-refractivity contribution in [3.63, 3.8) is 0 Å². The van der Waals surface area contributed by atoms with Gasteiger partial charge in [-0.25, -0.2) is 4.39 Å². The topological polar surface area (TPSA) is 90.5 Å². The molecule has 2 unspecified atom stereocenters. The van der Waals surface area contributed by atoms with Crippen molar-refractivity contribution in [3.8, 4) is 0 Å². The first-order valence-electron chi connectivity index (χ1n) is 13.0. The van der Waals surface area contributed by atoms with Gasteiger partial charge in [0.1, 0.15) is 11.9 Å². The smallest absolute Gasteiger partial charge is 0.253 e. The summed E-state index contributed by atoms with van der Waals surface area (Å²) in [5.74, 6) is 3.03. The summed E-state index contributed by atoms with van der Waals surface area (Å²) in [6.07, 6.45) is 7.72. The molecule has 0 spiro atoms. The Balaban J connectivity index is 1.27. The minimum atomic E-state index is -0.572. The molecular weight excluding hydrogens is 499 g/mol. The molecule has 1 aromatic rings. The predicted molar refractivity (Wildman–Crippen MR) is 144 cm³/mol. The van der Waals surface area contributed by atoms with Gasteiger partial charge in [-0.05, 0) is 61.6 Å². The van der Waals surface area contributed by atoms with E-state index in [0.29, 0.717) is 43.2 Å². The number of carbonyl (C=O) groups is 3. The molecule has 2 saturated heterocycles. The number of carbonyl (C=O) groups excluding carboxylic acids is 3. The van der Waals surface area contributed by atoms with Gasteiger partial charge in [-0.15, -0.1) is 11.8 Å². The lowest BCUT2D eigenvalue weighted by Crippen LogP contribution is -2.56. The van der Waals surface area contributed by atoms with E-state index < -0.39 is 6.04 Å². The van der Waals surface area contributed by atoms with Crippen LogP contribution in [0.15, 0.2) is 24.3 Å². The van der Waals surface area contributed by atoms with Crippen molar-refractivity contribution in [2.75, 3.05) is 36.2 Å². The summed E-state index contributed by atoms with van der Waals surface area (Å²) in [6.45, 7) is 1.05. The highest BCUT2D eigenvalue weighted by Crippen LogP contribution is 2.27. The van der Waals surface area contributed by atoms with Crippen LogP contribution in [0.5, 0.6) is 0 Å². The summed E-state index contributed by atoms with van der Waals surface area (Å²) >= 11 is 3.45. The zero-order valence-corrected chi connectivity index (χ0v) is 22.3. The quantitative estimate of drug-likeness (QED) is 0.450. The Kier molecular flexibility index (Phi) is 10.4. The van der Waals surface area contributed by atoms with Gasteiger partial charge in [0.15, 0.2) is 0 Å². The fourth-order valence-electron chi connectivity index (χ4n) is 5.03. The molecule has 0 bridgehead atoms. The minimum Gasteiger partial charge on any atom is -0.351 e. The third-order valence-corrected chi connectivity index (χ3v) is 9.46. The van der Waals surface area contributed by atoms with Gasteiger partial charge >= 0.3 is 0 Å². The largest absolute Gasteiger partial charge is 0.351 e. The molecule has 36 heavy (non-hydrogen) atoms. The number of hydrogen-bond donors (Lipinski definition) is 3. The van der Waals surface area contributed by atoms with Gasteiger partial charge in [-0.1, -0.05) is 19.3 Å². The fraction of sp³-hybridized carbons (Fsp3) is 0.654. The first-order valence-corrected chi connectivity index (χ1v) is 15.3. The highest BCUT2D eigenvalue weighted by Gasteiger charge is 2.30. The number of hydrogen-bond acceptors (Lipinski definition) is 6. The zero-order chi connectivity index (χ0) is 25.3. The Bertz CT molecular complexity index is 884. The Morgan fingerprint density at radius 1 is 1.08 bits per heavy atom. The number of nitrogens with one attached hydrogen (secondary N) is 3. The number of thioether (sulfide) groups is 2. The summed E-state index contributed by atoms with van der Waals surface area (Å²) in [5.41, 5.74) is 0.468. The average molecular weight is 537 g/mol. The van der Waals surface area contributed by atoms with Crippen molar-refractivity contribution in [2.24, 2.45) is 5.92 Å². The Morgan fingerprint density at radius 2 is 1.81 bits per heavy atom. The molecule has 1 aliphatic carbocycles. The van der Waals surface area contributed by atoms with E-state index in [1.165, 1.54) is 56.4 Å². The Morgan fingerprint density at radius 3 is 2.47 bits per heavy atom. The Labute approximate surface area is 221 Å². The standard InChI is InChI=1S/C26H37FN4O3S2/c27-20-8-6-19(7-9-20)26(34)31-12-10-21(11-13-31)29-25(33)23(30-24(32)22-15-36-17-28-22)16-35-14-18-4-2-1-3-5-18/h6-9,18,21-23,28H,1-5,10-17H2,(H,29,33)(H,30,32). The monoisotopic (exact) mass is 536 g/mol. The van der Waals surface area contributed by atoms with Crippen molar-refractivity contribution in [1.82, 2.24) is 20.9 Å². The van der Waals surface area contributed by atoms with Gasteiger partial charge in [0.2, 0.25) is 11.8 Å². The molecular formula is C26H37FN4O3S2. The predicted octanol–water partition coefficient (Wildman–Crippen LogP) is 3.01. The molecule has 2 aliphatic heterocycles. The highest BCUT2D eigenvalue weighted by molar-refractivity contribution is 7.99. The number of likely N-dealkylation sites (tertiary alicyclic amines) is 1. The second kappa shape index (κ2) is 13.7. The van der Waals surface area contributed by atoms with Gasteiger partial charge in [0, 0.05) is 42.1 Å². The molecule has 3 fully saturated rings. The Hall–Kier alpha value is -1.78. The van der Waals surface area contributed by atoms with Gasteiger partial charge in [0.05, 0.1) is 6.04 Å². The van der Waals surface area contributed by atoms with Crippen LogP contribution in [-0.4, -0.2) is 77.0 Å². The lowest BCUT2D eigenvalue weighted by atomic mass is 9.91. The third kappa shape index (κ3) is 7.86. The number of amides is 3. The number of rotatable bonds is 9. The van der Waals surface area contributed by atoms with Crippen molar-refractivity contribution in [2.45, 2.75) is 63.1 Å². The van der Waals surface area contributed by atoms with Crippen LogP contribution in [0.1, 0.15) is 55.3 Å². The summed E-state index contributed by atoms with van der Waals surface area (Å²) < 4.78 is 13.2. The molecule has 4 rings (SSSR count). The lowest BCUT2D eigenvalue weighted by Gasteiger charge is -2.33. The van der Waals surface area contributed by atoms with Crippen LogP contribution in [0, 0.1) is 11.7 Å². The molecule has 0 radical (unpaired) electrons. The van der Waals surface area contributed by atoms with Crippen molar-refractivity contribution >= 4 is 41.2 Å². The maximum Gasteiger partial charge on any atom is 0.253 e. The van der Waals surface area contributed by atoms with E-state index >= 15 is 0 Å². The second-order valence-corrected chi connectivity index (χ2v) is 12.1. The third-order valence-electron chi connectivity index (χ3n) is 7.25. The van der Waals surface area contributed by atoms with Crippen LogP contribution in [0.2, 0.25) is 0 Å². The zero-order valence-electron chi connectivity index (χ0n) is 20.7. The van der Waals surface area contributed by atoms with Crippen LogP contribution in [0.25, 0.3) is 0 Å². The van der Waals surface area contributed by atoms with Crippen LogP contribution in [0.3, 0.4) is 0 Å². The first-order chi connectivity index (χ1) is 17.5. The van der Waals surface area contributed by atoms with E-state index in [1.54, 1.807) is 28.4 Å². The van der Waals surface area contributed by atoms with E-state index in [-0.39, 0.29) is 35.6 Å². The molecule has 1 aromatic carbocycles. The van der Waals surface area contributed by atoms with Crippen LogP contribution in [-0.2, 0) is 9.59 Å². The number of nitrogens with zero attached hydrogens (tertiary/aromatic N) is 1. The van der Waals surface area contributed by atoms with E-state index in [4.69, 9.17) is 0 Å². The van der Waals surface area contributed by atoms with E-state index in [0.717, 1.165) is 17.4 Å². The molecule has 3 aliphatic rings. The minimum absolute atomic E-state index is 0.0438. The van der Waals surface area contributed by atoms with Crippen LogP contribution < -0.4 is 16.0 Å². The second-order valence-electron chi connectivity index (χ2n) is 9.96. The summed E-state index contributed by atoms with van der Waals surface area (Å²) in [5, 5.41) is 9.30. The van der Waals surface area contributed by atoms with Crippen molar-refractivity contribution < 1.29 is 18.8 Å². The molecule has 10 heteroatoms. The van der Waals surface area contributed by atoms with Crippen LogP contribution >= 0.6 is 23.5 Å². The molecule has 3 amide bonds. The normalized spacial score (nSPS) is 22.2. The van der Waals surface area contributed by atoms with Crippen molar-refractivity contribution in [1.29, 1.82) is 0 Å². The number of halogens is 1. The summed E-state index contributed by atoms with van der Waals surface area (Å²) in [6, 6.07) is 4.72. The van der Waals surface area contributed by atoms with Gasteiger partial charge in [-0.2, -0.15) is 11.8 Å². The molecule has 2 atom stereocenters. The summed E-state index contributed by atoms with van der Waals surface area (Å²) in [7, 11) is 0. The van der Waals surface area contributed by atoms with E-state index in [9.17, 15) is 18.8 Å². The maximum absolute atomic E-state index is 13.2. The average Bonchev–Trinajstić information content (AvgIpc) is 3.44. The maximum atomic E-state index is 13.2. The van der Waals surface area contributed by atoms with Crippen LogP contribution in [0.4, 0.5) is 4.39 Å². The first kappa shape index (κ1) is 27.3. The van der Waals surface area contributed by atoms with Gasteiger partial charge in [-0.3, -0.25) is 19.7 Å². The van der Waals surface area contributed by atoms with E-state index in [2.05, 4.69) is 16.0 Å². The highest BCUT2D eigenvalue weighted by atomic mass is 32.2. The lowest BCUT2D eigenvalue weighted by molar-refractivity contribution is -0.129. The van der Waals surface area contributed by atoms with Crippen molar-refractivity contribution in [3.05, 3.63) is 35.6 Å². The number of piperidine rings is 1. The molecule has 7 nitrogen and oxygen atoms in total. The van der Waals surface area contributed by atoms with E-state index in [1.807, 2.05) is 0 Å². The van der Waals surface area contributed by atoms with Gasteiger partial charge < -0.3 is 15.5 Å². The SMILES string of the molecule is O=C(NC(CSCC1CCCCC1)C(=O)NC1CCN(C(=O)c2ccc(F)cc2)CC1)C1CSCN1. The molecule has 1 saturated carbocycles. The fourth-order valence-corrected chi connectivity index (χ4v) is 7.24.